The molecule has 1 aliphatic rings. The molecular weight excluding hydrogens is 473 g/mol. The lowest BCUT2D eigenvalue weighted by Gasteiger charge is -2.29. The maximum atomic E-state index is 13.1. The highest BCUT2D eigenvalue weighted by molar-refractivity contribution is 7.13. The highest BCUT2D eigenvalue weighted by Gasteiger charge is 2.18. The van der Waals surface area contributed by atoms with Crippen molar-refractivity contribution in [2.24, 2.45) is 11.0 Å². The van der Waals surface area contributed by atoms with E-state index in [1.54, 1.807) is 23.5 Å². The summed E-state index contributed by atoms with van der Waals surface area (Å²) in [6, 6.07) is 12.1. The lowest BCUT2D eigenvalue weighted by molar-refractivity contribution is 0.0956. The summed E-state index contributed by atoms with van der Waals surface area (Å²) in [7, 11) is 0. The van der Waals surface area contributed by atoms with Crippen LogP contribution in [0.3, 0.4) is 0 Å². The smallest absolute Gasteiger partial charge is 0.273 e. The number of piperidine rings is 1. The number of hydrazone groups is 1. The molecule has 0 unspecified atom stereocenters. The van der Waals surface area contributed by atoms with Gasteiger partial charge in [0.1, 0.15) is 10.8 Å². The Morgan fingerprint density at radius 3 is 2.75 bits per heavy atom. The molecule has 2 aromatic carbocycles. The van der Waals surface area contributed by atoms with E-state index < -0.39 is 0 Å². The Balaban J connectivity index is 1.35. The topological polar surface area (TPSA) is 62.5 Å². The van der Waals surface area contributed by atoms with E-state index in [0.29, 0.717) is 11.1 Å². The van der Waals surface area contributed by atoms with Crippen molar-refractivity contribution in [3.63, 3.8) is 0 Å². The molecule has 1 fully saturated rings. The third kappa shape index (κ3) is 5.39. The van der Waals surface area contributed by atoms with Gasteiger partial charge >= 0.3 is 0 Å². The quantitative estimate of drug-likeness (QED) is 0.252. The van der Waals surface area contributed by atoms with Gasteiger partial charge in [-0.05, 0) is 74.7 Å². The van der Waals surface area contributed by atoms with Crippen LogP contribution in [-0.2, 0) is 13.1 Å². The van der Waals surface area contributed by atoms with Crippen molar-refractivity contribution in [2.75, 3.05) is 13.1 Å². The van der Waals surface area contributed by atoms with E-state index in [-0.39, 0.29) is 11.7 Å². The molecule has 0 bridgehead atoms. The number of benzene rings is 2. The van der Waals surface area contributed by atoms with Gasteiger partial charge in [0.2, 0.25) is 0 Å². The van der Waals surface area contributed by atoms with Gasteiger partial charge in [0.25, 0.3) is 5.91 Å². The number of carbonyl (C=O) groups is 1. The Kier molecular flexibility index (Phi) is 7.25. The van der Waals surface area contributed by atoms with E-state index in [1.807, 2.05) is 12.3 Å². The number of amides is 1. The van der Waals surface area contributed by atoms with Gasteiger partial charge in [0.05, 0.1) is 17.5 Å². The van der Waals surface area contributed by atoms with Gasteiger partial charge in [-0.25, -0.2) is 14.8 Å². The van der Waals surface area contributed by atoms with E-state index in [9.17, 15) is 9.18 Å². The minimum absolute atomic E-state index is 0.290. The summed E-state index contributed by atoms with van der Waals surface area (Å²) in [5, 5.41) is 8.03. The first-order valence-corrected chi connectivity index (χ1v) is 13.3. The molecule has 1 aliphatic heterocycles. The van der Waals surface area contributed by atoms with Gasteiger partial charge < -0.3 is 4.57 Å². The lowest BCUT2D eigenvalue weighted by Crippen LogP contribution is -2.32. The molecule has 1 N–H and O–H groups in total. The zero-order chi connectivity index (χ0) is 25.1. The minimum Gasteiger partial charge on any atom is -0.347 e. The van der Waals surface area contributed by atoms with E-state index in [0.717, 1.165) is 59.3 Å². The number of rotatable bonds is 7. The molecule has 36 heavy (non-hydrogen) atoms. The third-order valence-electron chi connectivity index (χ3n) is 6.78. The number of hydrogen-bond acceptors (Lipinski definition) is 5. The Labute approximate surface area is 214 Å². The standard InChI is InChI=1S/C28H30FN5OS/c1-3-34-17-25(27(35)32-30-15-20-4-7-22(29)8-5-20)24-14-21(6-9-26(24)34)28-31-23(18-36-28)16-33-12-10-19(2)11-13-33/h4-9,14-15,17-19H,3,10-13,16H2,1-2H3,(H,32,35)/b30-15+. The summed E-state index contributed by atoms with van der Waals surface area (Å²) in [6.07, 6.45) is 5.87. The number of aryl methyl sites for hydroxylation is 1. The van der Waals surface area contributed by atoms with Crippen LogP contribution in [0.25, 0.3) is 21.5 Å². The number of nitrogens with one attached hydrogen (secondary N) is 1. The molecule has 4 aromatic rings. The molecule has 2 aromatic heterocycles. The maximum absolute atomic E-state index is 13.1. The SMILES string of the molecule is CCn1cc(C(=O)N/N=C/c2ccc(F)cc2)c2cc(-c3nc(CN4CCC(C)CC4)cs3)ccc21. The molecule has 186 valence electrons. The predicted molar refractivity (Wildman–Crippen MR) is 144 cm³/mol. The second-order valence-electron chi connectivity index (χ2n) is 9.41. The van der Waals surface area contributed by atoms with Gasteiger partial charge in [0, 0.05) is 41.1 Å². The molecule has 0 saturated carbocycles. The fourth-order valence-electron chi connectivity index (χ4n) is 4.61. The Morgan fingerprint density at radius 2 is 2.00 bits per heavy atom. The molecule has 0 aliphatic carbocycles. The van der Waals surface area contributed by atoms with Crippen LogP contribution in [-0.4, -0.2) is 39.7 Å². The van der Waals surface area contributed by atoms with Crippen LogP contribution in [0.5, 0.6) is 0 Å². The van der Waals surface area contributed by atoms with Crippen molar-refractivity contribution in [3.8, 4) is 10.6 Å². The molecular formula is C28H30FN5OS. The number of fused-ring (bicyclic) bond motifs is 1. The number of carbonyl (C=O) groups excluding carboxylic acids is 1. The average Bonchev–Trinajstić information content (AvgIpc) is 3.51. The second-order valence-corrected chi connectivity index (χ2v) is 10.3. The number of halogens is 1. The monoisotopic (exact) mass is 503 g/mol. The molecule has 0 radical (unpaired) electrons. The Hall–Kier alpha value is -3.36. The van der Waals surface area contributed by atoms with E-state index in [1.165, 1.54) is 31.2 Å². The highest BCUT2D eigenvalue weighted by atomic mass is 32.1. The number of likely N-dealkylation sites (tertiary alicyclic amines) is 1. The second kappa shape index (κ2) is 10.7. The Bertz CT molecular complexity index is 1380. The summed E-state index contributed by atoms with van der Waals surface area (Å²) in [4.78, 5) is 20.4. The minimum atomic E-state index is -0.312. The molecule has 3 heterocycles. The molecule has 8 heteroatoms. The van der Waals surface area contributed by atoms with Gasteiger partial charge in [-0.2, -0.15) is 5.10 Å². The summed E-state index contributed by atoms with van der Waals surface area (Å²) < 4.78 is 15.2. The average molecular weight is 504 g/mol. The van der Waals surface area contributed by atoms with Crippen LogP contribution in [0.4, 0.5) is 4.39 Å². The molecule has 0 atom stereocenters. The summed E-state index contributed by atoms with van der Waals surface area (Å²) >= 11 is 1.64. The first kappa shape index (κ1) is 24.3. The number of thiazole rings is 1. The summed E-state index contributed by atoms with van der Waals surface area (Å²) in [5.74, 6) is 0.212. The zero-order valence-electron chi connectivity index (χ0n) is 20.6. The van der Waals surface area contributed by atoms with Crippen LogP contribution in [0, 0.1) is 11.7 Å². The molecule has 1 saturated heterocycles. The lowest BCUT2D eigenvalue weighted by atomic mass is 9.99. The van der Waals surface area contributed by atoms with Gasteiger partial charge in [-0.1, -0.05) is 19.1 Å². The van der Waals surface area contributed by atoms with Crippen molar-refractivity contribution < 1.29 is 9.18 Å². The Morgan fingerprint density at radius 1 is 1.22 bits per heavy atom. The highest BCUT2D eigenvalue weighted by Crippen LogP contribution is 2.31. The van der Waals surface area contributed by atoms with Gasteiger partial charge in [-0.3, -0.25) is 9.69 Å². The van der Waals surface area contributed by atoms with Crippen molar-refractivity contribution in [1.29, 1.82) is 0 Å². The fourth-order valence-corrected chi connectivity index (χ4v) is 5.42. The van der Waals surface area contributed by atoms with Crippen LogP contribution < -0.4 is 5.43 Å². The van der Waals surface area contributed by atoms with E-state index >= 15 is 0 Å². The number of aromatic nitrogens is 2. The van der Waals surface area contributed by atoms with Crippen LogP contribution in [0.15, 0.2) is 59.1 Å². The maximum Gasteiger partial charge on any atom is 0.273 e. The molecule has 6 nitrogen and oxygen atoms in total. The first-order chi connectivity index (χ1) is 17.5. The third-order valence-corrected chi connectivity index (χ3v) is 7.72. The number of nitrogens with zero attached hydrogens (tertiary/aromatic N) is 4. The van der Waals surface area contributed by atoms with Crippen molar-refractivity contribution in [2.45, 2.75) is 39.8 Å². The summed E-state index contributed by atoms with van der Waals surface area (Å²) in [6.45, 7) is 8.28. The van der Waals surface area contributed by atoms with Crippen LogP contribution in [0.2, 0.25) is 0 Å². The summed E-state index contributed by atoms with van der Waals surface area (Å²) in [5.41, 5.74) is 6.97. The van der Waals surface area contributed by atoms with Crippen LogP contribution >= 0.6 is 11.3 Å². The first-order valence-electron chi connectivity index (χ1n) is 12.4. The van der Waals surface area contributed by atoms with Crippen LogP contribution in [0.1, 0.15) is 48.3 Å². The molecule has 1 amide bonds. The van der Waals surface area contributed by atoms with Gasteiger partial charge in [-0.15, -0.1) is 11.3 Å². The van der Waals surface area contributed by atoms with Crippen molar-refractivity contribution in [3.05, 3.63) is 76.7 Å². The molecule has 0 spiro atoms. The number of hydrogen-bond donors (Lipinski definition) is 1. The van der Waals surface area contributed by atoms with E-state index in [2.05, 4.69) is 51.4 Å². The van der Waals surface area contributed by atoms with Crippen molar-refractivity contribution >= 4 is 34.4 Å². The van der Waals surface area contributed by atoms with Gasteiger partial charge in [0.15, 0.2) is 0 Å². The predicted octanol–water partition coefficient (Wildman–Crippen LogP) is 5.92. The van der Waals surface area contributed by atoms with Crippen molar-refractivity contribution in [1.82, 2.24) is 19.9 Å². The largest absolute Gasteiger partial charge is 0.347 e. The normalized spacial score (nSPS) is 15.2. The van der Waals surface area contributed by atoms with E-state index in [4.69, 9.17) is 4.98 Å². The fraction of sp³-hybridized carbons (Fsp3) is 0.321. The zero-order valence-corrected chi connectivity index (χ0v) is 21.4. The molecule has 5 rings (SSSR count).